The van der Waals surface area contributed by atoms with E-state index in [1.54, 1.807) is 30.5 Å². The van der Waals surface area contributed by atoms with Crippen molar-refractivity contribution in [1.29, 1.82) is 0 Å². The summed E-state index contributed by atoms with van der Waals surface area (Å²) in [6.07, 6.45) is 2.68. The zero-order valence-corrected chi connectivity index (χ0v) is 9.51. The lowest BCUT2D eigenvalue weighted by Crippen LogP contribution is -1.98. The van der Waals surface area contributed by atoms with Crippen molar-refractivity contribution in [3.8, 4) is 0 Å². The van der Waals surface area contributed by atoms with Gasteiger partial charge in [-0.3, -0.25) is 10.1 Å². The zero-order chi connectivity index (χ0) is 11.3. The van der Waals surface area contributed by atoms with E-state index in [1.165, 1.54) is 11.8 Å². The first kappa shape index (κ1) is 11.9. The van der Waals surface area contributed by atoms with E-state index in [4.69, 9.17) is 11.6 Å². The Bertz CT molecular complexity index is 395. The van der Waals surface area contributed by atoms with E-state index in [0.717, 1.165) is 11.9 Å². The number of benzene rings is 1. The van der Waals surface area contributed by atoms with Crippen LogP contribution in [0.15, 0.2) is 35.5 Å². The Balaban J connectivity index is 2.80. The molecular formula is C9H9ClN2O2S. The summed E-state index contributed by atoms with van der Waals surface area (Å²) >= 11 is 7.04. The van der Waals surface area contributed by atoms with E-state index in [9.17, 15) is 10.1 Å². The third-order valence-electron chi connectivity index (χ3n) is 1.53. The molecule has 1 aromatic rings. The second kappa shape index (κ2) is 5.63. The minimum absolute atomic E-state index is 0.460. The largest absolute Gasteiger partial charge is 0.345 e. The molecule has 4 nitrogen and oxygen atoms in total. The van der Waals surface area contributed by atoms with Crippen LogP contribution in [0.3, 0.4) is 0 Å². The molecule has 15 heavy (non-hydrogen) atoms. The summed E-state index contributed by atoms with van der Waals surface area (Å²) in [5, 5.41) is 14.2. The highest BCUT2D eigenvalue weighted by Crippen LogP contribution is 2.20. The maximum absolute atomic E-state index is 10.3. The van der Waals surface area contributed by atoms with Gasteiger partial charge < -0.3 is 5.32 Å². The van der Waals surface area contributed by atoms with Gasteiger partial charge in [0.25, 0.3) is 6.20 Å². The number of halogens is 1. The van der Waals surface area contributed by atoms with Gasteiger partial charge >= 0.3 is 0 Å². The third-order valence-corrected chi connectivity index (χ3v) is 2.42. The average Bonchev–Trinajstić information content (AvgIpc) is 2.16. The molecule has 0 amide bonds. The molecule has 0 unspecified atom stereocenters. The van der Waals surface area contributed by atoms with E-state index >= 15 is 0 Å². The molecule has 0 aliphatic rings. The number of hydrogen-bond donors (Lipinski definition) is 1. The quantitative estimate of drug-likeness (QED) is 0.653. The molecular weight excluding hydrogens is 236 g/mol. The molecule has 0 spiro atoms. The molecule has 1 N–H and O–H groups in total. The number of anilines is 1. The number of thioether (sulfide) groups is 1. The van der Waals surface area contributed by atoms with Gasteiger partial charge in [-0.05, 0) is 24.5 Å². The summed E-state index contributed by atoms with van der Waals surface area (Å²) < 4.78 is 0. The average molecular weight is 245 g/mol. The predicted molar refractivity (Wildman–Crippen MR) is 63.7 cm³/mol. The summed E-state index contributed by atoms with van der Waals surface area (Å²) in [4.78, 5) is 9.78. The molecule has 1 rings (SSSR count). The molecule has 0 aliphatic heterocycles. The standard InChI is InChI=1S/C9H9ClN2O2S/c1-15-9(6-12(13)14)11-8-4-2-3-7(10)5-8/h2-6,11H,1H3/b9-6-. The van der Waals surface area contributed by atoms with Crippen molar-refractivity contribution < 1.29 is 4.92 Å². The molecule has 0 heterocycles. The Kier molecular flexibility index (Phi) is 4.45. The highest BCUT2D eigenvalue weighted by atomic mass is 35.5. The molecule has 0 radical (unpaired) electrons. The molecule has 0 saturated carbocycles. The minimum Gasteiger partial charge on any atom is -0.345 e. The fourth-order valence-electron chi connectivity index (χ4n) is 0.940. The Hall–Kier alpha value is -1.20. The fourth-order valence-corrected chi connectivity index (χ4v) is 1.54. The van der Waals surface area contributed by atoms with Crippen LogP contribution >= 0.6 is 23.4 Å². The second-order valence-electron chi connectivity index (χ2n) is 2.62. The van der Waals surface area contributed by atoms with Crippen LogP contribution in [0.25, 0.3) is 0 Å². The van der Waals surface area contributed by atoms with Crippen molar-refractivity contribution in [2.75, 3.05) is 11.6 Å². The van der Waals surface area contributed by atoms with Gasteiger partial charge in [0.05, 0.1) is 4.92 Å². The van der Waals surface area contributed by atoms with Gasteiger partial charge in [0.15, 0.2) is 0 Å². The van der Waals surface area contributed by atoms with Crippen molar-refractivity contribution in [2.45, 2.75) is 0 Å². The van der Waals surface area contributed by atoms with Crippen LogP contribution in [0.4, 0.5) is 5.69 Å². The lowest BCUT2D eigenvalue weighted by Gasteiger charge is -2.05. The van der Waals surface area contributed by atoms with Crippen LogP contribution in [-0.4, -0.2) is 11.2 Å². The SMILES string of the molecule is CS/C(=C\[N+](=O)[O-])Nc1cccc(Cl)c1. The Morgan fingerprint density at radius 1 is 1.67 bits per heavy atom. The molecule has 0 aliphatic carbocycles. The van der Waals surface area contributed by atoms with Crippen molar-refractivity contribution >= 4 is 29.1 Å². The topological polar surface area (TPSA) is 55.2 Å². The van der Waals surface area contributed by atoms with Gasteiger partial charge in [-0.1, -0.05) is 17.7 Å². The molecule has 0 fully saturated rings. The predicted octanol–water partition coefficient (Wildman–Crippen LogP) is 3.19. The molecule has 6 heteroatoms. The lowest BCUT2D eigenvalue weighted by atomic mass is 10.3. The van der Waals surface area contributed by atoms with Gasteiger partial charge in [-0.15, -0.1) is 11.8 Å². The number of nitrogens with one attached hydrogen (secondary N) is 1. The Morgan fingerprint density at radius 2 is 2.40 bits per heavy atom. The Labute approximate surface area is 96.5 Å². The monoisotopic (exact) mass is 244 g/mol. The van der Waals surface area contributed by atoms with Crippen LogP contribution in [0, 0.1) is 10.1 Å². The van der Waals surface area contributed by atoms with E-state index in [1.807, 2.05) is 0 Å². The lowest BCUT2D eigenvalue weighted by molar-refractivity contribution is -0.402. The maximum atomic E-state index is 10.3. The van der Waals surface area contributed by atoms with Gasteiger partial charge in [0, 0.05) is 10.7 Å². The first-order valence-corrected chi connectivity index (χ1v) is 5.64. The summed E-state index contributed by atoms with van der Waals surface area (Å²) in [6.45, 7) is 0. The highest BCUT2D eigenvalue weighted by Gasteiger charge is 2.02. The van der Waals surface area contributed by atoms with Crippen molar-refractivity contribution in [2.24, 2.45) is 0 Å². The van der Waals surface area contributed by atoms with Crippen molar-refractivity contribution in [3.63, 3.8) is 0 Å². The highest BCUT2D eigenvalue weighted by molar-refractivity contribution is 8.02. The summed E-state index contributed by atoms with van der Waals surface area (Å²) in [7, 11) is 0. The van der Waals surface area contributed by atoms with Crippen molar-refractivity contribution in [1.82, 2.24) is 0 Å². The molecule has 0 aromatic heterocycles. The maximum Gasteiger partial charge on any atom is 0.264 e. The smallest absolute Gasteiger partial charge is 0.264 e. The molecule has 80 valence electrons. The van der Waals surface area contributed by atoms with Crippen LogP contribution in [0.2, 0.25) is 5.02 Å². The van der Waals surface area contributed by atoms with Crippen molar-refractivity contribution in [3.05, 3.63) is 50.6 Å². The molecule has 0 saturated heterocycles. The van der Waals surface area contributed by atoms with Gasteiger partial charge in [-0.2, -0.15) is 0 Å². The van der Waals surface area contributed by atoms with Crippen LogP contribution in [0.1, 0.15) is 0 Å². The summed E-state index contributed by atoms with van der Waals surface area (Å²) in [6, 6.07) is 7.00. The first-order chi connectivity index (χ1) is 7.11. The van der Waals surface area contributed by atoms with E-state index in [2.05, 4.69) is 5.32 Å². The minimum atomic E-state index is -0.497. The van der Waals surface area contributed by atoms with Crippen LogP contribution in [-0.2, 0) is 0 Å². The van der Waals surface area contributed by atoms with Crippen LogP contribution in [0.5, 0.6) is 0 Å². The normalized spacial score (nSPS) is 11.2. The molecule has 1 aromatic carbocycles. The first-order valence-electron chi connectivity index (χ1n) is 4.03. The fraction of sp³-hybridized carbons (Fsp3) is 0.111. The summed E-state index contributed by atoms with van der Waals surface area (Å²) in [5.41, 5.74) is 0.727. The van der Waals surface area contributed by atoms with Crippen LogP contribution < -0.4 is 5.32 Å². The molecule has 0 atom stereocenters. The van der Waals surface area contributed by atoms with Gasteiger partial charge in [0.1, 0.15) is 5.03 Å². The van der Waals surface area contributed by atoms with Gasteiger partial charge in [0.2, 0.25) is 0 Å². The third kappa shape index (κ3) is 4.22. The van der Waals surface area contributed by atoms with Gasteiger partial charge in [-0.25, -0.2) is 0 Å². The zero-order valence-electron chi connectivity index (χ0n) is 7.94. The Morgan fingerprint density at radius 3 is 2.93 bits per heavy atom. The van der Waals surface area contributed by atoms with E-state index in [-0.39, 0.29) is 0 Å². The molecule has 0 bridgehead atoms. The number of rotatable bonds is 4. The number of hydrogen-bond acceptors (Lipinski definition) is 4. The van der Waals surface area contributed by atoms with E-state index in [0.29, 0.717) is 10.1 Å². The number of nitrogens with zero attached hydrogens (tertiary/aromatic N) is 1. The number of nitro groups is 1. The summed E-state index contributed by atoms with van der Waals surface area (Å²) in [5.74, 6) is 0. The van der Waals surface area contributed by atoms with E-state index < -0.39 is 4.92 Å². The second-order valence-corrected chi connectivity index (χ2v) is 3.90.